The average molecular weight is 236 g/mol. The number of nitrogens with one attached hydrogen (secondary N) is 1. The summed E-state index contributed by atoms with van der Waals surface area (Å²) >= 11 is 0. The maximum Gasteiger partial charge on any atom is 0.328 e. The van der Waals surface area contributed by atoms with Crippen LogP contribution in [0, 0.1) is 11.8 Å². The molecule has 0 saturated heterocycles. The number of aromatic nitrogens is 2. The van der Waals surface area contributed by atoms with Gasteiger partial charge >= 0.3 is 5.69 Å². The van der Waals surface area contributed by atoms with Crippen LogP contribution in [0.5, 0.6) is 0 Å². The van der Waals surface area contributed by atoms with Crippen LogP contribution >= 0.6 is 0 Å². The van der Waals surface area contributed by atoms with Crippen molar-refractivity contribution in [3.8, 4) is 0 Å². The number of rotatable bonds is 3. The number of hydrogen-bond acceptors (Lipinski definition) is 2. The summed E-state index contributed by atoms with van der Waals surface area (Å²) < 4.78 is 1.68. The number of nitrogens with zero attached hydrogens (tertiary/aromatic N) is 1. The van der Waals surface area contributed by atoms with Crippen molar-refractivity contribution in [3.63, 3.8) is 0 Å². The lowest BCUT2D eigenvalue weighted by Gasteiger charge is -2.15. The van der Waals surface area contributed by atoms with Gasteiger partial charge in [-0.25, -0.2) is 4.79 Å². The molecule has 1 aliphatic carbocycles. The van der Waals surface area contributed by atoms with Gasteiger partial charge in [-0.2, -0.15) is 0 Å². The van der Waals surface area contributed by atoms with Crippen LogP contribution in [-0.2, 0) is 0 Å². The summed E-state index contributed by atoms with van der Waals surface area (Å²) in [6.07, 6.45) is 6.15. The molecule has 4 heteroatoms. The van der Waals surface area contributed by atoms with Crippen molar-refractivity contribution in [2.24, 2.45) is 11.8 Å². The van der Waals surface area contributed by atoms with E-state index in [-0.39, 0.29) is 17.3 Å². The van der Waals surface area contributed by atoms with Crippen LogP contribution in [0.4, 0.5) is 0 Å². The molecule has 0 spiro atoms. The van der Waals surface area contributed by atoms with E-state index >= 15 is 0 Å². The van der Waals surface area contributed by atoms with Crippen molar-refractivity contribution in [2.45, 2.75) is 45.6 Å². The van der Waals surface area contributed by atoms with Gasteiger partial charge in [0.05, 0.1) is 0 Å². The highest BCUT2D eigenvalue weighted by molar-refractivity contribution is 4.89. The Bertz CT molecular complexity index is 487. The normalized spacial score (nSPS) is 24.4. The van der Waals surface area contributed by atoms with Gasteiger partial charge in [-0.3, -0.25) is 14.3 Å². The third kappa shape index (κ3) is 2.87. The summed E-state index contributed by atoms with van der Waals surface area (Å²) in [7, 11) is 0. The molecular weight excluding hydrogens is 216 g/mol. The van der Waals surface area contributed by atoms with Gasteiger partial charge < -0.3 is 0 Å². The monoisotopic (exact) mass is 236 g/mol. The van der Waals surface area contributed by atoms with Crippen molar-refractivity contribution in [3.05, 3.63) is 33.1 Å². The summed E-state index contributed by atoms with van der Waals surface area (Å²) in [5.41, 5.74) is -0.587. The lowest BCUT2D eigenvalue weighted by Crippen LogP contribution is -2.30. The van der Waals surface area contributed by atoms with Gasteiger partial charge in [-0.05, 0) is 37.5 Å². The van der Waals surface area contributed by atoms with Gasteiger partial charge in [0.2, 0.25) is 0 Å². The Balaban J connectivity index is 2.10. The first-order chi connectivity index (χ1) is 8.06. The number of hydrogen-bond donors (Lipinski definition) is 1. The zero-order chi connectivity index (χ0) is 12.4. The minimum absolute atomic E-state index is 0.267. The Kier molecular flexibility index (Phi) is 3.50. The van der Waals surface area contributed by atoms with E-state index in [1.807, 2.05) is 0 Å². The predicted octanol–water partition coefficient (Wildman–Crippen LogP) is 1.92. The maximum absolute atomic E-state index is 11.7. The summed E-state index contributed by atoms with van der Waals surface area (Å²) in [6.45, 7) is 4.47. The van der Waals surface area contributed by atoms with Gasteiger partial charge in [0, 0.05) is 18.3 Å². The van der Waals surface area contributed by atoms with Crippen LogP contribution in [-0.4, -0.2) is 9.55 Å². The third-order valence-corrected chi connectivity index (χ3v) is 3.56. The number of aromatic amines is 1. The molecule has 1 unspecified atom stereocenters. The van der Waals surface area contributed by atoms with Gasteiger partial charge in [0.15, 0.2) is 0 Å². The highest BCUT2D eigenvalue weighted by Crippen LogP contribution is 2.36. The molecule has 17 heavy (non-hydrogen) atoms. The van der Waals surface area contributed by atoms with Crippen LogP contribution in [0.25, 0.3) is 0 Å². The quantitative estimate of drug-likeness (QED) is 0.871. The Hall–Kier alpha value is -1.32. The largest absolute Gasteiger partial charge is 0.328 e. The summed E-state index contributed by atoms with van der Waals surface area (Å²) in [5, 5.41) is 0. The molecule has 2 rings (SSSR count). The molecule has 1 N–H and O–H groups in total. The van der Waals surface area contributed by atoms with Gasteiger partial charge in [-0.1, -0.05) is 13.8 Å². The number of H-pyrrole nitrogens is 1. The summed E-state index contributed by atoms with van der Waals surface area (Å²) in [6, 6.07) is 1.69. The Morgan fingerprint density at radius 1 is 1.41 bits per heavy atom. The lowest BCUT2D eigenvalue weighted by atomic mass is 9.96. The Labute approximate surface area is 101 Å². The van der Waals surface area contributed by atoms with E-state index in [0.29, 0.717) is 5.92 Å². The second kappa shape index (κ2) is 4.90. The fraction of sp³-hybridized carbons (Fsp3) is 0.692. The van der Waals surface area contributed by atoms with Crippen molar-refractivity contribution < 1.29 is 0 Å². The standard InChI is InChI=1S/C13H20N2O2/c1-9(2)7-10-3-4-11(8-10)15-6-5-12(16)14-13(15)17/h5-6,9-11H,3-4,7-8H2,1-2H3,(H,14,16,17)/t10-,11?/m0/s1. The van der Waals surface area contributed by atoms with Crippen molar-refractivity contribution in [1.29, 1.82) is 0 Å². The SMILES string of the molecule is CC(C)C[C@@H]1CCC(n2ccc(=O)[nH]c2=O)C1. The molecule has 0 aliphatic heterocycles. The molecule has 0 radical (unpaired) electrons. The molecule has 1 fully saturated rings. The van der Waals surface area contributed by atoms with Crippen LogP contribution in [0.1, 0.15) is 45.6 Å². The molecule has 1 saturated carbocycles. The van der Waals surface area contributed by atoms with Crippen molar-refractivity contribution in [2.75, 3.05) is 0 Å². The molecule has 1 aromatic heterocycles. The molecule has 4 nitrogen and oxygen atoms in total. The molecule has 1 aliphatic rings. The second-order valence-electron chi connectivity index (χ2n) is 5.48. The van der Waals surface area contributed by atoms with Crippen LogP contribution in [0.2, 0.25) is 0 Å². The van der Waals surface area contributed by atoms with E-state index in [1.54, 1.807) is 10.8 Å². The highest BCUT2D eigenvalue weighted by Gasteiger charge is 2.26. The van der Waals surface area contributed by atoms with E-state index in [1.165, 1.54) is 18.9 Å². The lowest BCUT2D eigenvalue weighted by molar-refractivity contribution is 0.395. The average Bonchev–Trinajstić information content (AvgIpc) is 2.65. The molecule has 0 amide bonds. The minimum Gasteiger partial charge on any atom is -0.298 e. The van der Waals surface area contributed by atoms with Crippen LogP contribution in [0.3, 0.4) is 0 Å². The topological polar surface area (TPSA) is 54.9 Å². The fourth-order valence-corrected chi connectivity index (χ4v) is 2.90. The summed E-state index contributed by atoms with van der Waals surface area (Å²) in [4.78, 5) is 25.0. The molecule has 2 atom stereocenters. The zero-order valence-electron chi connectivity index (χ0n) is 10.5. The zero-order valence-corrected chi connectivity index (χ0v) is 10.5. The van der Waals surface area contributed by atoms with E-state index in [0.717, 1.165) is 18.8 Å². The molecule has 94 valence electrons. The first kappa shape index (κ1) is 12.1. The van der Waals surface area contributed by atoms with E-state index in [2.05, 4.69) is 18.8 Å². The third-order valence-electron chi connectivity index (χ3n) is 3.56. The van der Waals surface area contributed by atoms with Gasteiger partial charge in [-0.15, -0.1) is 0 Å². The van der Waals surface area contributed by atoms with Gasteiger partial charge in [0.25, 0.3) is 5.56 Å². The minimum atomic E-state index is -0.317. The fourth-order valence-electron chi connectivity index (χ4n) is 2.90. The molecule has 0 bridgehead atoms. The summed E-state index contributed by atoms with van der Waals surface area (Å²) in [5.74, 6) is 1.44. The van der Waals surface area contributed by atoms with Crippen molar-refractivity contribution in [1.82, 2.24) is 9.55 Å². The molecule has 0 aromatic carbocycles. The van der Waals surface area contributed by atoms with E-state index in [4.69, 9.17) is 0 Å². The van der Waals surface area contributed by atoms with E-state index < -0.39 is 0 Å². The first-order valence-corrected chi connectivity index (χ1v) is 6.37. The molecular formula is C13H20N2O2. The smallest absolute Gasteiger partial charge is 0.298 e. The van der Waals surface area contributed by atoms with E-state index in [9.17, 15) is 9.59 Å². The Morgan fingerprint density at radius 3 is 2.82 bits per heavy atom. The highest BCUT2D eigenvalue weighted by atomic mass is 16.2. The molecule has 1 aromatic rings. The first-order valence-electron chi connectivity index (χ1n) is 6.37. The molecule has 1 heterocycles. The van der Waals surface area contributed by atoms with Crippen LogP contribution in [0.15, 0.2) is 21.9 Å². The van der Waals surface area contributed by atoms with Crippen LogP contribution < -0.4 is 11.2 Å². The van der Waals surface area contributed by atoms with Gasteiger partial charge in [0.1, 0.15) is 0 Å². The predicted molar refractivity (Wildman–Crippen MR) is 67.2 cm³/mol. The van der Waals surface area contributed by atoms with Crippen molar-refractivity contribution >= 4 is 0 Å². The second-order valence-corrected chi connectivity index (χ2v) is 5.48. The maximum atomic E-state index is 11.7. The Morgan fingerprint density at radius 2 is 2.18 bits per heavy atom.